The highest BCUT2D eigenvalue weighted by atomic mass is 79.9. The molecule has 1 amide bonds. The standard InChI is InChI=1S/C20H24BrN3O4/c1-3-27-19(25)16-13-17(14-5-7-15(21)8-6-14)22-18(16)23-9-11-24(12-10-23)20(26)28-4-2/h5-8,13,22H,3-4,9-12H2,1-2H3. The molecule has 0 atom stereocenters. The molecule has 0 radical (unpaired) electrons. The molecule has 8 heteroatoms. The largest absolute Gasteiger partial charge is 0.462 e. The van der Waals surface area contributed by atoms with E-state index in [2.05, 4.69) is 25.8 Å². The van der Waals surface area contributed by atoms with Crippen molar-refractivity contribution in [1.29, 1.82) is 0 Å². The highest BCUT2D eigenvalue weighted by Gasteiger charge is 2.27. The fourth-order valence-corrected chi connectivity index (χ4v) is 3.43. The summed E-state index contributed by atoms with van der Waals surface area (Å²) in [6.45, 7) is 6.53. The van der Waals surface area contributed by atoms with Crippen molar-refractivity contribution < 1.29 is 19.1 Å². The summed E-state index contributed by atoms with van der Waals surface area (Å²) >= 11 is 3.44. The third-order valence-electron chi connectivity index (χ3n) is 4.57. The minimum absolute atomic E-state index is 0.296. The van der Waals surface area contributed by atoms with E-state index in [9.17, 15) is 9.59 Å². The van der Waals surface area contributed by atoms with Crippen LogP contribution in [0.1, 0.15) is 24.2 Å². The number of benzene rings is 1. The molecule has 3 rings (SSSR count). The SMILES string of the molecule is CCOC(=O)c1cc(-c2ccc(Br)cc2)[nH]c1N1CCN(C(=O)OCC)CC1. The summed E-state index contributed by atoms with van der Waals surface area (Å²) in [5.74, 6) is 0.366. The summed E-state index contributed by atoms with van der Waals surface area (Å²) in [6.07, 6.45) is -0.296. The van der Waals surface area contributed by atoms with Crippen LogP contribution in [-0.2, 0) is 9.47 Å². The highest BCUT2D eigenvalue weighted by molar-refractivity contribution is 9.10. The summed E-state index contributed by atoms with van der Waals surface area (Å²) < 4.78 is 11.3. The normalized spacial score (nSPS) is 14.1. The third kappa shape index (κ3) is 4.49. The Balaban J connectivity index is 1.84. The van der Waals surface area contributed by atoms with Crippen LogP contribution in [0.5, 0.6) is 0 Å². The molecular formula is C20H24BrN3O4. The van der Waals surface area contributed by atoms with Gasteiger partial charge in [-0.1, -0.05) is 28.1 Å². The van der Waals surface area contributed by atoms with Crippen LogP contribution in [-0.4, -0.2) is 61.3 Å². The van der Waals surface area contributed by atoms with Crippen molar-refractivity contribution in [3.8, 4) is 11.3 Å². The van der Waals surface area contributed by atoms with Gasteiger partial charge in [-0.3, -0.25) is 0 Å². The van der Waals surface area contributed by atoms with Gasteiger partial charge >= 0.3 is 12.1 Å². The van der Waals surface area contributed by atoms with E-state index in [-0.39, 0.29) is 12.1 Å². The van der Waals surface area contributed by atoms with E-state index >= 15 is 0 Å². The third-order valence-corrected chi connectivity index (χ3v) is 5.10. The van der Waals surface area contributed by atoms with Gasteiger partial charge in [-0.05, 0) is 37.6 Å². The van der Waals surface area contributed by atoms with Gasteiger partial charge in [0.1, 0.15) is 11.4 Å². The smallest absolute Gasteiger partial charge is 0.409 e. The summed E-state index contributed by atoms with van der Waals surface area (Å²) in [5.41, 5.74) is 2.33. The number of hydrogen-bond acceptors (Lipinski definition) is 5. The lowest BCUT2D eigenvalue weighted by molar-refractivity contribution is 0.0526. The van der Waals surface area contributed by atoms with E-state index in [4.69, 9.17) is 9.47 Å². The lowest BCUT2D eigenvalue weighted by Crippen LogP contribution is -2.49. The van der Waals surface area contributed by atoms with Crippen LogP contribution in [0.2, 0.25) is 0 Å². The number of anilines is 1. The number of ether oxygens (including phenoxy) is 2. The minimum atomic E-state index is -0.357. The minimum Gasteiger partial charge on any atom is -0.462 e. The quantitative estimate of drug-likeness (QED) is 0.700. The Morgan fingerprint density at radius 3 is 2.29 bits per heavy atom. The zero-order valence-electron chi connectivity index (χ0n) is 16.0. The second kappa shape index (κ2) is 9.14. The Morgan fingerprint density at radius 1 is 1.04 bits per heavy atom. The average Bonchev–Trinajstić information content (AvgIpc) is 3.14. The fraction of sp³-hybridized carbons (Fsp3) is 0.400. The molecule has 7 nitrogen and oxygen atoms in total. The maximum Gasteiger partial charge on any atom is 0.409 e. The van der Waals surface area contributed by atoms with Gasteiger partial charge in [0, 0.05) is 36.3 Å². The summed E-state index contributed by atoms with van der Waals surface area (Å²) in [7, 11) is 0. The molecule has 150 valence electrons. The summed E-state index contributed by atoms with van der Waals surface area (Å²) in [5, 5.41) is 0. The molecule has 1 saturated heterocycles. The van der Waals surface area contributed by atoms with Crippen molar-refractivity contribution in [3.05, 3.63) is 40.4 Å². The zero-order chi connectivity index (χ0) is 20.1. The number of carbonyl (C=O) groups is 2. The van der Waals surface area contributed by atoms with E-state index in [1.165, 1.54) is 0 Å². The van der Waals surface area contributed by atoms with Crippen LogP contribution < -0.4 is 4.90 Å². The highest BCUT2D eigenvalue weighted by Crippen LogP contribution is 2.30. The summed E-state index contributed by atoms with van der Waals surface area (Å²) in [6, 6.07) is 9.70. The van der Waals surface area contributed by atoms with Crippen LogP contribution in [0.25, 0.3) is 11.3 Å². The Hall–Kier alpha value is -2.48. The molecule has 1 N–H and O–H groups in total. The first-order valence-corrected chi connectivity index (χ1v) is 10.2. The molecule has 1 aliphatic heterocycles. The van der Waals surface area contributed by atoms with Gasteiger partial charge in [0.15, 0.2) is 0 Å². The number of amides is 1. The van der Waals surface area contributed by atoms with Gasteiger partial charge in [-0.25, -0.2) is 9.59 Å². The van der Waals surface area contributed by atoms with Gasteiger partial charge in [-0.2, -0.15) is 0 Å². The Morgan fingerprint density at radius 2 is 1.68 bits per heavy atom. The number of aromatic nitrogens is 1. The maximum atomic E-state index is 12.5. The molecule has 0 bridgehead atoms. The molecule has 2 heterocycles. The molecule has 1 aromatic carbocycles. The van der Waals surface area contributed by atoms with E-state index in [0.29, 0.717) is 45.0 Å². The van der Waals surface area contributed by atoms with Crippen LogP contribution in [0.15, 0.2) is 34.8 Å². The van der Waals surface area contributed by atoms with Crippen LogP contribution in [0.3, 0.4) is 0 Å². The van der Waals surface area contributed by atoms with E-state index < -0.39 is 0 Å². The van der Waals surface area contributed by atoms with E-state index in [1.54, 1.807) is 18.7 Å². The Labute approximate surface area is 172 Å². The number of hydrogen-bond donors (Lipinski definition) is 1. The van der Waals surface area contributed by atoms with Crippen molar-refractivity contribution in [2.75, 3.05) is 44.3 Å². The van der Waals surface area contributed by atoms with Gasteiger partial charge in [0.05, 0.1) is 13.2 Å². The van der Waals surface area contributed by atoms with Crippen LogP contribution in [0, 0.1) is 0 Å². The van der Waals surface area contributed by atoms with Crippen molar-refractivity contribution in [2.24, 2.45) is 0 Å². The molecule has 0 saturated carbocycles. The first kappa shape index (κ1) is 20.3. The van der Waals surface area contributed by atoms with Gasteiger partial charge in [0.25, 0.3) is 0 Å². The van der Waals surface area contributed by atoms with Crippen LogP contribution in [0.4, 0.5) is 10.6 Å². The first-order valence-electron chi connectivity index (χ1n) is 9.36. The van der Waals surface area contributed by atoms with Crippen molar-refractivity contribution in [3.63, 3.8) is 0 Å². The number of esters is 1. The van der Waals surface area contributed by atoms with Crippen molar-refractivity contribution >= 4 is 33.8 Å². The number of H-pyrrole nitrogens is 1. The number of halogens is 1. The van der Waals surface area contributed by atoms with Gasteiger partial charge in [0.2, 0.25) is 0 Å². The Bertz CT molecular complexity index is 826. The number of rotatable bonds is 5. The number of piperazine rings is 1. The molecule has 0 spiro atoms. The molecule has 1 fully saturated rings. The molecule has 0 aliphatic carbocycles. The number of carbonyl (C=O) groups excluding carboxylic acids is 2. The molecule has 1 aliphatic rings. The fourth-order valence-electron chi connectivity index (χ4n) is 3.17. The molecule has 0 unspecified atom stereocenters. The predicted molar refractivity (Wildman–Crippen MR) is 111 cm³/mol. The lowest BCUT2D eigenvalue weighted by atomic mass is 10.1. The molecule has 1 aromatic heterocycles. The number of nitrogens with zero attached hydrogens (tertiary/aromatic N) is 2. The van der Waals surface area contributed by atoms with Gasteiger partial charge in [-0.15, -0.1) is 0 Å². The first-order chi connectivity index (χ1) is 13.5. The second-order valence-corrected chi connectivity index (χ2v) is 7.26. The molecule has 2 aromatic rings. The zero-order valence-corrected chi connectivity index (χ0v) is 17.6. The molecular weight excluding hydrogens is 426 g/mol. The van der Waals surface area contributed by atoms with Crippen LogP contribution >= 0.6 is 15.9 Å². The van der Waals surface area contributed by atoms with E-state index in [0.717, 1.165) is 21.5 Å². The Kier molecular flexibility index (Phi) is 6.61. The summed E-state index contributed by atoms with van der Waals surface area (Å²) in [4.78, 5) is 31.5. The van der Waals surface area contributed by atoms with Gasteiger partial charge < -0.3 is 24.3 Å². The van der Waals surface area contributed by atoms with Crippen molar-refractivity contribution in [2.45, 2.75) is 13.8 Å². The second-order valence-electron chi connectivity index (χ2n) is 6.35. The topological polar surface area (TPSA) is 74.9 Å². The van der Waals surface area contributed by atoms with Crippen molar-refractivity contribution in [1.82, 2.24) is 9.88 Å². The molecule has 28 heavy (non-hydrogen) atoms. The average molecular weight is 450 g/mol. The number of aromatic amines is 1. The predicted octanol–water partition coefficient (Wildman–Crippen LogP) is 3.90. The van der Waals surface area contributed by atoms with E-state index in [1.807, 2.05) is 30.3 Å². The number of nitrogens with one attached hydrogen (secondary N) is 1. The lowest BCUT2D eigenvalue weighted by Gasteiger charge is -2.35. The monoisotopic (exact) mass is 449 g/mol. The maximum absolute atomic E-state index is 12.5.